The zero-order valence-corrected chi connectivity index (χ0v) is 11.9. The molecule has 8 heteroatoms. The molecule has 0 spiro atoms. The van der Waals surface area contributed by atoms with Gasteiger partial charge in [-0.25, -0.2) is 4.39 Å². The first-order valence-electron chi connectivity index (χ1n) is 4.36. The van der Waals surface area contributed by atoms with Gasteiger partial charge in [0.1, 0.15) is 5.69 Å². The number of rotatable bonds is 2. The number of hydrogen-bond acceptors (Lipinski definition) is 3. The van der Waals surface area contributed by atoms with Gasteiger partial charge in [-0.15, -0.1) is 0 Å². The second kappa shape index (κ2) is 4.69. The molecule has 3 N–H and O–H groups in total. The van der Waals surface area contributed by atoms with E-state index in [9.17, 15) is 9.18 Å². The Kier molecular flexibility index (Phi) is 3.43. The van der Waals surface area contributed by atoms with Gasteiger partial charge in [0.15, 0.2) is 11.5 Å². The minimum atomic E-state index is -0.723. The standard InChI is InChI=1S/C9H5BrFIN4O/c10-5-3(1-2-4(12)6(5)11)7-8(9(13)17)15-16-14-7/h1-2H,(H2,13,17)(H,14,15,16). The molecule has 1 aromatic carbocycles. The molecule has 0 atom stereocenters. The van der Waals surface area contributed by atoms with E-state index in [2.05, 4.69) is 31.3 Å². The van der Waals surface area contributed by atoms with E-state index in [4.69, 9.17) is 5.73 Å². The van der Waals surface area contributed by atoms with Gasteiger partial charge < -0.3 is 5.73 Å². The molecule has 0 unspecified atom stereocenters. The predicted octanol–water partition coefficient (Wildman–Crippen LogP) is 2.08. The smallest absolute Gasteiger partial charge is 0.271 e. The summed E-state index contributed by atoms with van der Waals surface area (Å²) in [5.41, 5.74) is 5.76. The Balaban J connectivity index is 2.65. The Labute approximate surface area is 117 Å². The van der Waals surface area contributed by atoms with Crippen molar-refractivity contribution in [3.8, 4) is 11.3 Å². The predicted molar refractivity (Wildman–Crippen MR) is 70.7 cm³/mol. The summed E-state index contributed by atoms with van der Waals surface area (Å²) in [6, 6.07) is 3.22. The number of aromatic nitrogens is 3. The third kappa shape index (κ3) is 2.18. The number of amides is 1. The number of primary amides is 1. The van der Waals surface area contributed by atoms with Gasteiger partial charge in [0.2, 0.25) is 0 Å². The van der Waals surface area contributed by atoms with Gasteiger partial charge in [-0.05, 0) is 44.6 Å². The maximum Gasteiger partial charge on any atom is 0.271 e. The number of nitrogens with zero attached hydrogens (tertiary/aromatic N) is 2. The molecule has 1 amide bonds. The van der Waals surface area contributed by atoms with Gasteiger partial charge in [0, 0.05) is 9.13 Å². The number of carbonyl (C=O) groups excluding carboxylic acids is 1. The summed E-state index contributed by atoms with van der Waals surface area (Å²) in [5.74, 6) is -1.14. The Morgan fingerprint density at radius 3 is 2.82 bits per heavy atom. The van der Waals surface area contributed by atoms with Crippen molar-refractivity contribution >= 4 is 44.4 Å². The van der Waals surface area contributed by atoms with Crippen LogP contribution in [0.3, 0.4) is 0 Å². The van der Waals surface area contributed by atoms with E-state index in [-0.39, 0.29) is 15.9 Å². The summed E-state index contributed by atoms with van der Waals surface area (Å²) in [4.78, 5) is 11.1. The summed E-state index contributed by atoms with van der Waals surface area (Å²) in [6.45, 7) is 0. The highest BCUT2D eigenvalue weighted by molar-refractivity contribution is 14.1. The van der Waals surface area contributed by atoms with E-state index in [0.717, 1.165) is 0 Å². The van der Waals surface area contributed by atoms with Crippen LogP contribution >= 0.6 is 38.5 Å². The van der Waals surface area contributed by atoms with Crippen LogP contribution in [0.2, 0.25) is 0 Å². The molecule has 17 heavy (non-hydrogen) atoms. The largest absolute Gasteiger partial charge is 0.364 e. The zero-order valence-electron chi connectivity index (χ0n) is 8.17. The average molecular weight is 411 g/mol. The first-order valence-corrected chi connectivity index (χ1v) is 6.24. The van der Waals surface area contributed by atoms with Crippen molar-refractivity contribution < 1.29 is 9.18 Å². The molecule has 0 saturated carbocycles. The summed E-state index contributed by atoms with van der Waals surface area (Å²) in [6.07, 6.45) is 0. The number of carbonyl (C=O) groups is 1. The number of nitrogens with two attached hydrogens (primary N) is 1. The molecule has 88 valence electrons. The molecule has 1 aromatic heterocycles. The van der Waals surface area contributed by atoms with Crippen LogP contribution in [0, 0.1) is 9.39 Å². The first kappa shape index (κ1) is 12.4. The molecule has 0 saturated heterocycles. The summed E-state index contributed by atoms with van der Waals surface area (Å²) in [7, 11) is 0. The lowest BCUT2D eigenvalue weighted by atomic mass is 10.1. The van der Waals surface area contributed by atoms with Gasteiger partial charge in [-0.3, -0.25) is 4.79 Å². The van der Waals surface area contributed by atoms with Gasteiger partial charge in [-0.1, -0.05) is 6.07 Å². The summed E-state index contributed by atoms with van der Waals surface area (Å²) in [5, 5.41) is 9.73. The van der Waals surface area contributed by atoms with Crippen molar-refractivity contribution in [3.05, 3.63) is 31.7 Å². The number of hydrogen-bond donors (Lipinski definition) is 2. The van der Waals surface area contributed by atoms with Gasteiger partial charge in [0.25, 0.3) is 5.91 Å². The number of nitrogens with one attached hydrogen (secondary N) is 1. The number of benzene rings is 1. The first-order chi connectivity index (χ1) is 8.02. The normalized spacial score (nSPS) is 10.5. The Bertz CT molecular complexity index is 601. The van der Waals surface area contributed by atoms with Gasteiger partial charge >= 0.3 is 0 Å². The Morgan fingerprint density at radius 2 is 2.18 bits per heavy atom. The number of halogens is 3. The molecule has 0 fully saturated rings. The maximum absolute atomic E-state index is 13.7. The SMILES string of the molecule is NC(=O)c1n[nH]nc1-c1ccc(I)c(F)c1Br. The van der Waals surface area contributed by atoms with E-state index in [1.165, 1.54) is 0 Å². The molecular weight excluding hydrogens is 406 g/mol. The van der Waals surface area contributed by atoms with Crippen LogP contribution in [0.1, 0.15) is 10.5 Å². The number of H-pyrrole nitrogens is 1. The third-order valence-corrected chi connectivity index (χ3v) is 3.68. The van der Waals surface area contributed by atoms with Crippen LogP contribution in [-0.4, -0.2) is 21.3 Å². The van der Waals surface area contributed by atoms with Crippen LogP contribution in [0.15, 0.2) is 16.6 Å². The summed E-state index contributed by atoms with van der Waals surface area (Å²) < 4.78 is 14.4. The zero-order chi connectivity index (χ0) is 12.6. The van der Waals surface area contributed by atoms with E-state index in [1.807, 2.05) is 22.6 Å². The molecule has 2 rings (SSSR count). The topological polar surface area (TPSA) is 84.7 Å². The highest BCUT2D eigenvalue weighted by Gasteiger charge is 2.19. The lowest BCUT2D eigenvalue weighted by Gasteiger charge is -2.04. The minimum Gasteiger partial charge on any atom is -0.364 e. The molecule has 1 heterocycles. The average Bonchev–Trinajstić information content (AvgIpc) is 2.75. The lowest BCUT2D eigenvalue weighted by molar-refractivity contribution is 0.0996. The molecule has 0 bridgehead atoms. The van der Waals surface area contributed by atoms with Crippen LogP contribution in [0.4, 0.5) is 4.39 Å². The highest BCUT2D eigenvalue weighted by Crippen LogP contribution is 2.32. The van der Waals surface area contributed by atoms with E-state index >= 15 is 0 Å². The minimum absolute atomic E-state index is 0.0219. The van der Waals surface area contributed by atoms with E-state index in [1.54, 1.807) is 12.1 Å². The third-order valence-electron chi connectivity index (χ3n) is 2.07. The van der Waals surface area contributed by atoms with Gasteiger partial charge in [-0.2, -0.15) is 15.4 Å². The molecule has 0 aliphatic carbocycles. The molecule has 0 aliphatic heterocycles. The van der Waals surface area contributed by atoms with Crippen molar-refractivity contribution in [1.82, 2.24) is 15.4 Å². The summed E-state index contributed by atoms with van der Waals surface area (Å²) >= 11 is 4.99. The Morgan fingerprint density at radius 1 is 1.47 bits per heavy atom. The van der Waals surface area contributed by atoms with Crippen molar-refractivity contribution in [2.75, 3.05) is 0 Å². The van der Waals surface area contributed by atoms with Crippen LogP contribution in [0.25, 0.3) is 11.3 Å². The van der Waals surface area contributed by atoms with Crippen LogP contribution in [0.5, 0.6) is 0 Å². The van der Waals surface area contributed by atoms with Crippen LogP contribution in [-0.2, 0) is 0 Å². The molecule has 0 radical (unpaired) electrons. The van der Waals surface area contributed by atoms with Gasteiger partial charge in [0.05, 0.1) is 4.47 Å². The molecule has 5 nitrogen and oxygen atoms in total. The van der Waals surface area contributed by atoms with Crippen molar-refractivity contribution in [2.45, 2.75) is 0 Å². The van der Waals surface area contributed by atoms with E-state index in [0.29, 0.717) is 9.13 Å². The second-order valence-electron chi connectivity index (χ2n) is 3.11. The highest BCUT2D eigenvalue weighted by atomic mass is 127. The lowest BCUT2D eigenvalue weighted by Crippen LogP contribution is -2.13. The maximum atomic E-state index is 13.7. The fourth-order valence-electron chi connectivity index (χ4n) is 1.30. The number of aromatic amines is 1. The Hall–Kier alpha value is -1.03. The van der Waals surface area contributed by atoms with Crippen molar-refractivity contribution in [3.63, 3.8) is 0 Å². The molecule has 0 aliphatic rings. The van der Waals surface area contributed by atoms with E-state index < -0.39 is 11.7 Å². The second-order valence-corrected chi connectivity index (χ2v) is 5.06. The van der Waals surface area contributed by atoms with Crippen molar-refractivity contribution in [2.24, 2.45) is 5.73 Å². The quantitative estimate of drug-likeness (QED) is 0.587. The molecule has 2 aromatic rings. The molecular formula is C9H5BrFIN4O. The van der Waals surface area contributed by atoms with Crippen molar-refractivity contribution in [1.29, 1.82) is 0 Å². The van der Waals surface area contributed by atoms with Crippen LogP contribution < -0.4 is 5.73 Å². The fourth-order valence-corrected chi connectivity index (χ4v) is 2.65. The fraction of sp³-hybridized carbons (Fsp3) is 0. The monoisotopic (exact) mass is 410 g/mol.